The highest BCUT2D eigenvalue weighted by molar-refractivity contribution is 5.29. The molecule has 21 heavy (non-hydrogen) atoms. The van der Waals surface area contributed by atoms with Crippen molar-refractivity contribution in [3.8, 4) is 5.75 Å². The van der Waals surface area contributed by atoms with Crippen LogP contribution >= 0.6 is 0 Å². The smallest absolute Gasteiger partial charge is 0.118 e. The second kappa shape index (κ2) is 6.74. The van der Waals surface area contributed by atoms with Crippen molar-refractivity contribution in [1.82, 2.24) is 10.2 Å². The van der Waals surface area contributed by atoms with Crippen LogP contribution in [-0.4, -0.2) is 31.6 Å². The van der Waals surface area contributed by atoms with Gasteiger partial charge in [0, 0.05) is 32.2 Å². The Kier molecular flexibility index (Phi) is 4.53. The van der Waals surface area contributed by atoms with Crippen molar-refractivity contribution in [3.05, 3.63) is 65.7 Å². The second-order valence-corrected chi connectivity index (χ2v) is 5.50. The van der Waals surface area contributed by atoms with Crippen LogP contribution in [0, 0.1) is 0 Å². The Labute approximate surface area is 126 Å². The first kappa shape index (κ1) is 14.1. The Bertz CT molecular complexity index is 553. The molecule has 0 bridgehead atoms. The van der Waals surface area contributed by atoms with Gasteiger partial charge in [0.05, 0.1) is 7.11 Å². The predicted molar refractivity (Wildman–Crippen MR) is 85.5 cm³/mol. The van der Waals surface area contributed by atoms with E-state index in [0.29, 0.717) is 6.04 Å². The highest BCUT2D eigenvalue weighted by atomic mass is 16.5. The maximum atomic E-state index is 5.23. The molecule has 3 rings (SSSR count). The fraction of sp³-hybridized carbons (Fsp3) is 0.333. The van der Waals surface area contributed by atoms with Crippen LogP contribution in [0.15, 0.2) is 54.6 Å². The number of nitrogens with zero attached hydrogens (tertiary/aromatic N) is 1. The van der Waals surface area contributed by atoms with Gasteiger partial charge in [0.25, 0.3) is 0 Å². The standard InChI is InChI=1S/C18H22N2O/c1-21-17-9-7-16(8-10-17)18-14-20(12-11-19-18)13-15-5-3-2-4-6-15/h2-10,18-19H,11-14H2,1H3/t18-/m0/s1. The molecule has 3 heteroatoms. The van der Waals surface area contributed by atoms with Gasteiger partial charge in [0.1, 0.15) is 5.75 Å². The summed E-state index contributed by atoms with van der Waals surface area (Å²) >= 11 is 0. The lowest BCUT2D eigenvalue weighted by molar-refractivity contribution is 0.193. The van der Waals surface area contributed by atoms with Gasteiger partial charge in [-0.05, 0) is 23.3 Å². The molecule has 110 valence electrons. The van der Waals surface area contributed by atoms with E-state index in [4.69, 9.17) is 4.74 Å². The Balaban J connectivity index is 1.64. The van der Waals surface area contributed by atoms with Gasteiger partial charge in [-0.25, -0.2) is 0 Å². The first-order valence-electron chi connectivity index (χ1n) is 7.49. The van der Waals surface area contributed by atoms with Gasteiger partial charge in [-0.3, -0.25) is 4.90 Å². The minimum Gasteiger partial charge on any atom is -0.497 e. The summed E-state index contributed by atoms with van der Waals surface area (Å²) in [5, 5.41) is 3.61. The minimum absolute atomic E-state index is 0.397. The summed E-state index contributed by atoms with van der Waals surface area (Å²) in [5.41, 5.74) is 2.71. The number of hydrogen-bond donors (Lipinski definition) is 1. The number of methoxy groups -OCH3 is 1. The van der Waals surface area contributed by atoms with E-state index in [1.807, 2.05) is 12.1 Å². The predicted octanol–water partition coefficient (Wildman–Crippen LogP) is 2.84. The molecule has 1 aliphatic rings. The maximum absolute atomic E-state index is 5.23. The van der Waals surface area contributed by atoms with Crippen LogP contribution in [0.1, 0.15) is 17.2 Å². The molecule has 0 aliphatic carbocycles. The minimum atomic E-state index is 0.397. The third-order valence-electron chi connectivity index (χ3n) is 4.03. The van der Waals surface area contributed by atoms with Gasteiger partial charge in [-0.1, -0.05) is 42.5 Å². The fourth-order valence-electron chi connectivity index (χ4n) is 2.86. The first-order valence-corrected chi connectivity index (χ1v) is 7.49. The molecule has 0 spiro atoms. The number of benzene rings is 2. The molecule has 1 fully saturated rings. The molecule has 3 nitrogen and oxygen atoms in total. The Morgan fingerprint density at radius 2 is 1.86 bits per heavy atom. The summed E-state index contributed by atoms with van der Waals surface area (Å²) in [5.74, 6) is 0.913. The van der Waals surface area contributed by atoms with Crippen LogP contribution < -0.4 is 10.1 Å². The molecular formula is C18H22N2O. The second-order valence-electron chi connectivity index (χ2n) is 5.50. The molecule has 0 aromatic heterocycles. The molecule has 1 saturated heterocycles. The molecule has 2 aromatic rings. The summed E-state index contributed by atoms with van der Waals surface area (Å²) in [6.45, 7) is 4.20. The van der Waals surface area contributed by atoms with E-state index in [9.17, 15) is 0 Å². The highest BCUT2D eigenvalue weighted by Gasteiger charge is 2.20. The quantitative estimate of drug-likeness (QED) is 0.933. The lowest BCUT2D eigenvalue weighted by atomic mass is 10.0. The number of piperazine rings is 1. The lowest BCUT2D eigenvalue weighted by Crippen LogP contribution is -2.45. The molecule has 0 radical (unpaired) electrons. The lowest BCUT2D eigenvalue weighted by Gasteiger charge is -2.34. The normalized spacial score (nSPS) is 19.4. The molecule has 1 aliphatic heterocycles. The van der Waals surface area contributed by atoms with Crippen LogP contribution in [0.25, 0.3) is 0 Å². The van der Waals surface area contributed by atoms with E-state index in [1.165, 1.54) is 11.1 Å². The van der Waals surface area contributed by atoms with Gasteiger partial charge >= 0.3 is 0 Å². The van der Waals surface area contributed by atoms with Crippen LogP contribution in [0.5, 0.6) is 5.75 Å². The SMILES string of the molecule is COc1ccc([C@@H]2CN(Cc3ccccc3)CCN2)cc1. The first-order chi connectivity index (χ1) is 10.3. The molecular weight excluding hydrogens is 260 g/mol. The van der Waals surface area contributed by atoms with Crippen molar-refractivity contribution in [3.63, 3.8) is 0 Å². The Morgan fingerprint density at radius 3 is 2.57 bits per heavy atom. The number of hydrogen-bond acceptors (Lipinski definition) is 3. The van der Waals surface area contributed by atoms with Gasteiger partial charge < -0.3 is 10.1 Å². The largest absolute Gasteiger partial charge is 0.497 e. The number of nitrogens with one attached hydrogen (secondary N) is 1. The molecule has 0 saturated carbocycles. The topological polar surface area (TPSA) is 24.5 Å². The summed E-state index contributed by atoms with van der Waals surface area (Å²) in [7, 11) is 1.70. The van der Waals surface area contributed by atoms with Crippen molar-refractivity contribution < 1.29 is 4.74 Å². The van der Waals surface area contributed by atoms with Crippen molar-refractivity contribution in [1.29, 1.82) is 0 Å². The molecule has 1 N–H and O–H groups in total. The van der Waals surface area contributed by atoms with E-state index in [-0.39, 0.29) is 0 Å². The third kappa shape index (κ3) is 3.63. The molecule has 2 aromatic carbocycles. The molecule has 1 atom stereocenters. The maximum Gasteiger partial charge on any atom is 0.118 e. The Morgan fingerprint density at radius 1 is 1.10 bits per heavy atom. The zero-order chi connectivity index (χ0) is 14.5. The van der Waals surface area contributed by atoms with Gasteiger partial charge in [0.2, 0.25) is 0 Å². The van der Waals surface area contributed by atoms with Crippen molar-refractivity contribution in [2.45, 2.75) is 12.6 Å². The number of rotatable bonds is 4. The fourth-order valence-corrected chi connectivity index (χ4v) is 2.86. The Hall–Kier alpha value is -1.84. The number of ether oxygens (including phenoxy) is 1. The van der Waals surface area contributed by atoms with E-state index in [0.717, 1.165) is 31.9 Å². The highest BCUT2D eigenvalue weighted by Crippen LogP contribution is 2.21. The van der Waals surface area contributed by atoms with Crippen LogP contribution in [0.4, 0.5) is 0 Å². The third-order valence-corrected chi connectivity index (χ3v) is 4.03. The van der Waals surface area contributed by atoms with E-state index < -0.39 is 0 Å². The summed E-state index contributed by atoms with van der Waals surface area (Å²) in [6, 6.07) is 19.5. The molecule has 0 unspecified atom stereocenters. The summed E-state index contributed by atoms with van der Waals surface area (Å²) in [4.78, 5) is 2.51. The van der Waals surface area contributed by atoms with E-state index in [2.05, 4.69) is 52.7 Å². The average Bonchev–Trinajstić information content (AvgIpc) is 2.56. The van der Waals surface area contributed by atoms with Crippen molar-refractivity contribution in [2.24, 2.45) is 0 Å². The van der Waals surface area contributed by atoms with Gasteiger partial charge in [-0.2, -0.15) is 0 Å². The summed E-state index contributed by atoms with van der Waals surface area (Å²) in [6.07, 6.45) is 0. The van der Waals surface area contributed by atoms with E-state index >= 15 is 0 Å². The van der Waals surface area contributed by atoms with Crippen LogP contribution in [0.2, 0.25) is 0 Å². The average molecular weight is 282 g/mol. The van der Waals surface area contributed by atoms with Gasteiger partial charge in [-0.15, -0.1) is 0 Å². The van der Waals surface area contributed by atoms with Gasteiger partial charge in [0.15, 0.2) is 0 Å². The molecule has 1 heterocycles. The monoisotopic (exact) mass is 282 g/mol. The van der Waals surface area contributed by atoms with Crippen LogP contribution in [-0.2, 0) is 6.54 Å². The van der Waals surface area contributed by atoms with Crippen molar-refractivity contribution in [2.75, 3.05) is 26.7 Å². The van der Waals surface area contributed by atoms with Crippen molar-refractivity contribution >= 4 is 0 Å². The molecule has 0 amide bonds. The van der Waals surface area contributed by atoms with E-state index in [1.54, 1.807) is 7.11 Å². The van der Waals surface area contributed by atoms with Crippen LogP contribution in [0.3, 0.4) is 0 Å². The zero-order valence-corrected chi connectivity index (χ0v) is 12.5. The summed E-state index contributed by atoms with van der Waals surface area (Å²) < 4.78 is 5.23. The zero-order valence-electron chi connectivity index (χ0n) is 12.5.